The number of hydrogen-bond acceptors (Lipinski definition) is 1. The van der Waals surface area contributed by atoms with Gasteiger partial charge in [-0.3, -0.25) is 0 Å². The molecule has 0 aliphatic heterocycles. The zero-order chi connectivity index (χ0) is 8.81. The van der Waals surface area contributed by atoms with Gasteiger partial charge in [-0.2, -0.15) is 0 Å². The Bertz CT molecular complexity index is 215. The van der Waals surface area contributed by atoms with Crippen molar-refractivity contribution in [3.8, 4) is 0 Å². The Morgan fingerprint density at radius 2 is 2.00 bits per heavy atom. The van der Waals surface area contributed by atoms with Gasteiger partial charge in [0, 0.05) is 5.30 Å². The molecule has 0 heterocycles. The third-order valence-corrected chi connectivity index (χ3v) is 3.36. The van der Waals surface area contributed by atoms with Crippen molar-refractivity contribution in [2.24, 2.45) is 0 Å². The Balaban J connectivity index is 2.48. The first-order valence-electron chi connectivity index (χ1n) is 3.98. The lowest BCUT2D eigenvalue weighted by molar-refractivity contribution is 0.363. The van der Waals surface area contributed by atoms with Crippen LogP contribution in [0.5, 0.6) is 0 Å². The van der Waals surface area contributed by atoms with Crippen LogP contribution in [0.25, 0.3) is 0 Å². The van der Waals surface area contributed by atoms with Crippen LogP contribution in [-0.4, -0.2) is 6.61 Å². The molecule has 0 aliphatic carbocycles. The van der Waals surface area contributed by atoms with Crippen LogP contribution >= 0.6 is 18.7 Å². The Morgan fingerprint density at radius 1 is 1.33 bits per heavy atom. The lowest BCUT2D eigenvalue weighted by Crippen LogP contribution is -1.98. The summed E-state index contributed by atoms with van der Waals surface area (Å²) in [6.07, 6.45) is 1.01. The van der Waals surface area contributed by atoms with Gasteiger partial charge >= 0.3 is 0 Å². The fourth-order valence-corrected chi connectivity index (χ4v) is 2.23. The van der Waals surface area contributed by atoms with Crippen LogP contribution in [-0.2, 0) is 4.52 Å². The average Bonchev–Trinajstić information content (AvgIpc) is 2.15. The minimum atomic E-state index is -0.909. The molecule has 1 rings (SSSR count). The molecular formula is C9H12ClOP. The van der Waals surface area contributed by atoms with E-state index in [1.165, 1.54) is 0 Å². The van der Waals surface area contributed by atoms with E-state index in [2.05, 4.69) is 6.92 Å². The van der Waals surface area contributed by atoms with Crippen LogP contribution in [0, 0.1) is 0 Å². The molecule has 0 fully saturated rings. The van der Waals surface area contributed by atoms with Gasteiger partial charge in [-0.1, -0.05) is 48.5 Å². The predicted octanol–water partition coefficient (Wildman–Crippen LogP) is 3.29. The van der Waals surface area contributed by atoms with E-state index >= 15 is 0 Å². The fourth-order valence-electron chi connectivity index (χ4n) is 0.791. The molecule has 1 unspecified atom stereocenters. The zero-order valence-electron chi connectivity index (χ0n) is 7.03. The first-order chi connectivity index (χ1) is 5.84. The maximum atomic E-state index is 6.03. The molecule has 0 aliphatic rings. The van der Waals surface area contributed by atoms with E-state index < -0.39 is 7.50 Å². The quantitative estimate of drug-likeness (QED) is 0.681. The highest BCUT2D eigenvalue weighted by Crippen LogP contribution is 2.40. The summed E-state index contributed by atoms with van der Waals surface area (Å²) < 4.78 is 5.41. The lowest BCUT2D eigenvalue weighted by Gasteiger charge is -2.08. The van der Waals surface area contributed by atoms with E-state index in [1.54, 1.807) is 0 Å². The molecule has 1 aromatic rings. The van der Waals surface area contributed by atoms with Gasteiger partial charge in [0.25, 0.3) is 0 Å². The molecule has 0 N–H and O–H groups in total. The maximum Gasteiger partial charge on any atom is 0.157 e. The van der Waals surface area contributed by atoms with Gasteiger partial charge in [-0.25, -0.2) is 0 Å². The summed E-state index contributed by atoms with van der Waals surface area (Å²) in [4.78, 5) is 0. The third kappa shape index (κ3) is 3.10. The molecule has 3 heteroatoms. The Morgan fingerprint density at radius 3 is 2.58 bits per heavy atom. The third-order valence-electron chi connectivity index (χ3n) is 1.37. The predicted molar refractivity (Wildman–Crippen MR) is 55.1 cm³/mol. The molecule has 0 spiro atoms. The van der Waals surface area contributed by atoms with Crippen LogP contribution in [0.4, 0.5) is 0 Å². The highest BCUT2D eigenvalue weighted by Gasteiger charge is 2.06. The SMILES string of the molecule is CCCOP(Cl)c1ccccc1. The highest BCUT2D eigenvalue weighted by molar-refractivity contribution is 7.86. The van der Waals surface area contributed by atoms with E-state index in [4.69, 9.17) is 15.8 Å². The van der Waals surface area contributed by atoms with E-state index in [0.717, 1.165) is 18.3 Å². The van der Waals surface area contributed by atoms with E-state index in [9.17, 15) is 0 Å². The van der Waals surface area contributed by atoms with Crippen molar-refractivity contribution in [2.45, 2.75) is 13.3 Å². The van der Waals surface area contributed by atoms with Crippen LogP contribution in [0.2, 0.25) is 0 Å². The molecule has 0 aromatic heterocycles. The fraction of sp³-hybridized carbons (Fsp3) is 0.333. The number of benzene rings is 1. The number of hydrogen-bond donors (Lipinski definition) is 0. The number of halogens is 1. The molecule has 0 radical (unpaired) electrons. The van der Waals surface area contributed by atoms with Gasteiger partial charge in [-0.05, 0) is 6.42 Å². The van der Waals surface area contributed by atoms with Crippen LogP contribution in [0.15, 0.2) is 30.3 Å². The minimum absolute atomic E-state index is 0.740. The van der Waals surface area contributed by atoms with Crippen LogP contribution < -0.4 is 5.30 Å². The monoisotopic (exact) mass is 202 g/mol. The van der Waals surface area contributed by atoms with Gasteiger partial charge in [-0.15, -0.1) is 0 Å². The van der Waals surface area contributed by atoms with Crippen molar-refractivity contribution in [3.05, 3.63) is 30.3 Å². The summed E-state index contributed by atoms with van der Waals surface area (Å²) in [6, 6.07) is 9.91. The van der Waals surface area contributed by atoms with Gasteiger partial charge in [0.15, 0.2) is 7.50 Å². The average molecular weight is 203 g/mol. The first-order valence-corrected chi connectivity index (χ1v) is 6.15. The summed E-state index contributed by atoms with van der Waals surface area (Å²) >= 11 is 6.03. The maximum absolute atomic E-state index is 6.03. The van der Waals surface area contributed by atoms with E-state index in [1.807, 2.05) is 30.3 Å². The second kappa shape index (κ2) is 5.53. The Hall–Kier alpha value is -0.100. The van der Waals surface area contributed by atoms with Crippen molar-refractivity contribution in [2.75, 3.05) is 6.61 Å². The molecule has 0 bridgehead atoms. The van der Waals surface area contributed by atoms with Crippen molar-refractivity contribution in [1.82, 2.24) is 0 Å². The van der Waals surface area contributed by atoms with Gasteiger partial charge in [0.2, 0.25) is 0 Å². The van der Waals surface area contributed by atoms with Crippen LogP contribution in [0.1, 0.15) is 13.3 Å². The first kappa shape index (κ1) is 9.98. The molecule has 1 nitrogen and oxygen atoms in total. The van der Waals surface area contributed by atoms with Crippen molar-refractivity contribution >= 4 is 24.0 Å². The van der Waals surface area contributed by atoms with E-state index in [-0.39, 0.29) is 0 Å². The van der Waals surface area contributed by atoms with Crippen molar-refractivity contribution in [3.63, 3.8) is 0 Å². The zero-order valence-corrected chi connectivity index (χ0v) is 8.68. The van der Waals surface area contributed by atoms with Crippen LogP contribution in [0.3, 0.4) is 0 Å². The topological polar surface area (TPSA) is 9.23 Å². The van der Waals surface area contributed by atoms with E-state index in [0.29, 0.717) is 0 Å². The van der Waals surface area contributed by atoms with Crippen molar-refractivity contribution < 1.29 is 4.52 Å². The van der Waals surface area contributed by atoms with Gasteiger partial charge in [0.05, 0.1) is 6.61 Å². The number of rotatable bonds is 4. The van der Waals surface area contributed by atoms with Gasteiger partial charge < -0.3 is 4.52 Å². The molecule has 1 atom stereocenters. The largest absolute Gasteiger partial charge is 0.340 e. The molecule has 12 heavy (non-hydrogen) atoms. The summed E-state index contributed by atoms with van der Waals surface area (Å²) in [6.45, 7) is 2.81. The summed E-state index contributed by atoms with van der Waals surface area (Å²) in [5.74, 6) is 0. The second-order valence-electron chi connectivity index (χ2n) is 2.41. The normalized spacial score (nSPS) is 12.8. The molecule has 1 aromatic carbocycles. The molecule has 0 saturated heterocycles. The summed E-state index contributed by atoms with van der Waals surface area (Å²) in [7, 11) is -0.909. The minimum Gasteiger partial charge on any atom is -0.340 e. The summed E-state index contributed by atoms with van der Waals surface area (Å²) in [5, 5.41) is 1.09. The van der Waals surface area contributed by atoms with Crippen molar-refractivity contribution in [1.29, 1.82) is 0 Å². The molecule has 0 saturated carbocycles. The smallest absolute Gasteiger partial charge is 0.157 e. The standard InChI is InChI=1S/C9H12ClOP/c1-2-8-11-12(10)9-6-4-3-5-7-9/h3-7H,2,8H2,1H3. The molecular weight excluding hydrogens is 191 g/mol. The summed E-state index contributed by atoms with van der Waals surface area (Å²) in [5.41, 5.74) is 0. The molecule has 0 amide bonds. The lowest BCUT2D eigenvalue weighted by atomic mass is 10.4. The molecule has 66 valence electrons. The highest BCUT2D eigenvalue weighted by atomic mass is 35.7. The second-order valence-corrected chi connectivity index (χ2v) is 4.60. The van der Waals surface area contributed by atoms with Gasteiger partial charge in [0.1, 0.15) is 0 Å². The Kier molecular flexibility index (Phi) is 4.60. The Labute approximate surface area is 79.3 Å².